The largest absolute Gasteiger partial charge is 0.494 e. The molecule has 2 fully saturated rings. The molecule has 246 valence electrons. The summed E-state index contributed by atoms with van der Waals surface area (Å²) < 4.78 is 12.8. The maximum Gasteiger partial charge on any atom is 0.229 e. The summed E-state index contributed by atoms with van der Waals surface area (Å²) in [4.78, 5) is 20.9. The molecule has 6 rings (SSSR count). The molecule has 4 N–H and O–H groups in total. The molecule has 2 aliphatic rings. The van der Waals surface area contributed by atoms with Gasteiger partial charge >= 0.3 is 0 Å². The Labute approximate surface area is 285 Å². The van der Waals surface area contributed by atoms with E-state index in [4.69, 9.17) is 19.9 Å². The fraction of sp³-hybridized carbons (Fsp3) is 0.382. The molecule has 0 atom stereocenters. The Balaban J connectivity index is 1.29. The highest BCUT2D eigenvalue weighted by atomic mass is 79.9. The Bertz CT molecular complexity index is 1770. The molecule has 0 radical (unpaired) electrons. The fourth-order valence-electron chi connectivity index (χ4n) is 5.84. The second-order valence-electron chi connectivity index (χ2n) is 12.0. The average Bonchev–Trinajstić information content (AvgIpc) is 3.92. The molecule has 1 aliphatic heterocycles. The van der Waals surface area contributed by atoms with Crippen LogP contribution in [-0.2, 0) is 4.74 Å². The molecule has 47 heavy (non-hydrogen) atoms. The van der Waals surface area contributed by atoms with Crippen molar-refractivity contribution in [3.63, 3.8) is 0 Å². The van der Waals surface area contributed by atoms with Gasteiger partial charge in [0, 0.05) is 91.6 Å². The number of benzene rings is 2. The van der Waals surface area contributed by atoms with E-state index < -0.39 is 7.92 Å². The molecule has 2 aromatic heterocycles. The van der Waals surface area contributed by atoms with Crippen LogP contribution in [-0.4, -0.2) is 79.4 Å². The fourth-order valence-corrected chi connectivity index (χ4v) is 7.34. The van der Waals surface area contributed by atoms with Gasteiger partial charge in [0.2, 0.25) is 5.95 Å². The number of piperidine rings is 1. The molecule has 0 bridgehead atoms. The van der Waals surface area contributed by atoms with Gasteiger partial charge in [0.05, 0.1) is 34.4 Å². The van der Waals surface area contributed by atoms with E-state index >= 15 is 0 Å². The lowest BCUT2D eigenvalue weighted by Gasteiger charge is -2.35. The summed E-state index contributed by atoms with van der Waals surface area (Å²) in [6.45, 7) is 7.03. The molecule has 0 unspecified atom stereocenters. The van der Waals surface area contributed by atoms with E-state index in [0.717, 1.165) is 81.8 Å². The van der Waals surface area contributed by atoms with Gasteiger partial charge in [-0.1, -0.05) is 7.92 Å². The van der Waals surface area contributed by atoms with Gasteiger partial charge in [-0.3, -0.25) is 9.97 Å². The number of rotatable bonds is 13. The maximum absolute atomic E-state index is 8.22. The number of nitrogens with one attached hydrogen (secondary N) is 4. The summed E-state index contributed by atoms with van der Waals surface area (Å²) in [5.41, 5.74) is 6.05. The minimum Gasteiger partial charge on any atom is -0.494 e. The lowest BCUT2D eigenvalue weighted by atomic mass is 10.00. The molecular weight excluding hydrogens is 677 g/mol. The van der Waals surface area contributed by atoms with Crippen molar-refractivity contribution in [2.24, 2.45) is 5.92 Å². The molecule has 0 spiro atoms. The number of hydrogen-bond acceptors (Lipinski definition) is 11. The van der Waals surface area contributed by atoms with Crippen molar-refractivity contribution in [2.75, 3.05) is 62.7 Å². The highest BCUT2D eigenvalue weighted by molar-refractivity contribution is 9.10. The number of anilines is 5. The number of nitrogens with zero attached hydrogens (tertiary/aromatic N) is 5. The van der Waals surface area contributed by atoms with E-state index in [9.17, 15) is 0 Å². The first-order valence-electron chi connectivity index (χ1n) is 15.8. The monoisotopic (exact) mass is 717 g/mol. The zero-order chi connectivity index (χ0) is 32.9. The van der Waals surface area contributed by atoms with Crippen LogP contribution >= 0.6 is 23.9 Å². The van der Waals surface area contributed by atoms with Gasteiger partial charge < -0.3 is 35.7 Å². The first kappa shape index (κ1) is 33.1. The molecule has 0 amide bonds. The van der Waals surface area contributed by atoms with E-state index in [1.807, 2.05) is 37.5 Å². The van der Waals surface area contributed by atoms with Gasteiger partial charge in [-0.25, -0.2) is 4.98 Å². The van der Waals surface area contributed by atoms with Gasteiger partial charge in [-0.2, -0.15) is 4.98 Å². The highest BCUT2D eigenvalue weighted by Crippen LogP contribution is 2.40. The van der Waals surface area contributed by atoms with Crippen molar-refractivity contribution in [1.82, 2.24) is 25.3 Å². The average molecular weight is 719 g/mol. The molecule has 2 aromatic carbocycles. The SMILES string of the molecule is CN/C=C(\C=N)c1cc(Nc2ncc(Br)c(Nc3ccc4nccnc4c3P(C)C)n2)c(OC)cc1N1CCC(OCC2CC2)CC1. The van der Waals surface area contributed by atoms with Crippen molar-refractivity contribution < 1.29 is 9.47 Å². The van der Waals surface area contributed by atoms with Crippen LogP contribution in [0.3, 0.4) is 0 Å². The van der Waals surface area contributed by atoms with Crippen LogP contribution in [0, 0.1) is 11.3 Å². The molecule has 4 aromatic rings. The quantitative estimate of drug-likeness (QED) is 0.0880. The summed E-state index contributed by atoms with van der Waals surface area (Å²) >= 11 is 3.63. The number of aromatic nitrogens is 4. The number of halogens is 1. The number of allylic oxidation sites excluding steroid dienone is 1. The smallest absolute Gasteiger partial charge is 0.229 e. The van der Waals surface area contributed by atoms with Gasteiger partial charge in [0.15, 0.2) is 0 Å². The first-order valence-corrected chi connectivity index (χ1v) is 18.9. The van der Waals surface area contributed by atoms with Crippen molar-refractivity contribution in [2.45, 2.75) is 31.8 Å². The summed E-state index contributed by atoms with van der Waals surface area (Å²) in [5, 5.41) is 19.3. The molecular formula is C34H41BrN9O2P. The van der Waals surface area contributed by atoms with E-state index in [-0.39, 0.29) is 0 Å². The first-order chi connectivity index (χ1) is 22.9. The van der Waals surface area contributed by atoms with Gasteiger partial charge in [0.25, 0.3) is 0 Å². The van der Waals surface area contributed by atoms with Crippen LogP contribution in [0.5, 0.6) is 5.75 Å². The van der Waals surface area contributed by atoms with Gasteiger partial charge in [-0.05, 0) is 79.1 Å². The maximum atomic E-state index is 8.22. The summed E-state index contributed by atoms with van der Waals surface area (Å²) in [6.07, 6.45) is 13.2. The Hall–Kier alpha value is -3.86. The van der Waals surface area contributed by atoms with Crippen molar-refractivity contribution >= 4 is 80.8 Å². The van der Waals surface area contributed by atoms with Crippen LogP contribution in [0.15, 0.2) is 53.5 Å². The predicted molar refractivity (Wildman–Crippen MR) is 197 cm³/mol. The van der Waals surface area contributed by atoms with E-state index in [0.29, 0.717) is 29.3 Å². The third-order valence-corrected chi connectivity index (χ3v) is 10.4. The Morgan fingerprint density at radius 1 is 1.06 bits per heavy atom. The van der Waals surface area contributed by atoms with E-state index in [1.165, 1.54) is 19.1 Å². The van der Waals surface area contributed by atoms with Crippen molar-refractivity contribution in [3.05, 3.63) is 59.1 Å². The van der Waals surface area contributed by atoms with Crippen molar-refractivity contribution in [3.8, 4) is 5.75 Å². The molecule has 1 aliphatic carbocycles. The lowest BCUT2D eigenvalue weighted by Crippen LogP contribution is -2.37. The molecule has 1 saturated carbocycles. The minimum atomic E-state index is -0.501. The summed E-state index contributed by atoms with van der Waals surface area (Å²) in [5.74, 6) is 2.43. The van der Waals surface area contributed by atoms with Crippen LogP contribution in [0.1, 0.15) is 31.2 Å². The van der Waals surface area contributed by atoms with Crippen molar-refractivity contribution in [1.29, 1.82) is 5.41 Å². The second-order valence-corrected chi connectivity index (χ2v) is 15.1. The second kappa shape index (κ2) is 14.9. The van der Waals surface area contributed by atoms with Gasteiger partial charge in [0.1, 0.15) is 11.6 Å². The molecule has 11 nitrogen and oxygen atoms in total. The minimum absolute atomic E-state index is 0.297. The third-order valence-electron chi connectivity index (χ3n) is 8.44. The Morgan fingerprint density at radius 2 is 1.85 bits per heavy atom. The number of hydrogen-bond donors (Lipinski definition) is 4. The molecule has 1 saturated heterocycles. The number of methoxy groups -OCH3 is 1. The normalized spacial score (nSPS) is 15.6. The Kier molecular flexibility index (Phi) is 10.5. The number of fused-ring (bicyclic) bond motifs is 1. The van der Waals surface area contributed by atoms with Crippen LogP contribution < -0.4 is 30.9 Å². The predicted octanol–water partition coefficient (Wildman–Crippen LogP) is 6.65. The van der Waals surface area contributed by atoms with Crippen LogP contribution in [0.25, 0.3) is 16.6 Å². The third kappa shape index (κ3) is 7.66. The summed E-state index contributed by atoms with van der Waals surface area (Å²) in [6, 6.07) is 8.05. The number of ether oxygens (including phenoxy) is 2. The Morgan fingerprint density at radius 3 is 2.55 bits per heavy atom. The summed E-state index contributed by atoms with van der Waals surface area (Å²) in [7, 11) is 3.00. The molecule has 3 heterocycles. The highest BCUT2D eigenvalue weighted by Gasteiger charge is 2.27. The zero-order valence-electron chi connectivity index (χ0n) is 27.2. The topological polar surface area (TPSA) is 133 Å². The van der Waals surface area contributed by atoms with E-state index in [2.05, 4.69) is 65.1 Å². The van der Waals surface area contributed by atoms with Crippen LogP contribution in [0.4, 0.5) is 28.8 Å². The zero-order valence-corrected chi connectivity index (χ0v) is 29.7. The standard InChI is InChI=1S/C34H41BrN9O2P/c1-37-18-22(17-36)24-15-28(30(45-2)16-29(24)44-13-9-23(10-14-44)46-20-21-5-6-21)42-34-40-19-25(35)33(43-34)41-27-8-7-26-31(32(27)47(3)4)39-12-11-38-26/h7-8,11-12,15-19,21,23,36-37H,5-6,9-10,13-14,20H2,1-4H3,(H2,40,41,42,43)/b22-18+,36-17?. The lowest BCUT2D eigenvalue weighted by molar-refractivity contribution is 0.0305. The molecule has 13 heteroatoms. The van der Waals surface area contributed by atoms with E-state index in [1.54, 1.807) is 25.7 Å². The van der Waals surface area contributed by atoms with Gasteiger partial charge in [-0.15, -0.1) is 0 Å². The van der Waals surface area contributed by atoms with Crippen LogP contribution in [0.2, 0.25) is 0 Å².